The molecule has 0 unspecified atom stereocenters. The van der Waals surface area contributed by atoms with Gasteiger partial charge in [0.05, 0.1) is 16.6 Å². The van der Waals surface area contributed by atoms with Crippen LogP contribution in [-0.4, -0.2) is 36.2 Å². The lowest BCUT2D eigenvalue weighted by Gasteiger charge is -2.21. The average molecular weight is 345 g/mol. The van der Waals surface area contributed by atoms with Gasteiger partial charge in [0.2, 0.25) is 0 Å². The Morgan fingerprint density at radius 1 is 1.44 bits per heavy atom. The summed E-state index contributed by atoms with van der Waals surface area (Å²) >= 11 is 8.37. The molecule has 2 nitrogen and oxygen atoms in total. The standard InChI is InChI=1S/C11H10BrClF3NO/c12-8-3-1-2-7(10(8)16)11(18)17(5-4-13)6-9(14)15/h1-3,9H,4-6H2. The monoisotopic (exact) mass is 343 g/mol. The lowest BCUT2D eigenvalue weighted by atomic mass is 10.2. The second-order valence-corrected chi connectivity index (χ2v) is 4.66. The first-order chi connectivity index (χ1) is 8.47. The second-order valence-electron chi connectivity index (χ2n) is 3.43. The van der Waals surface area contributed by atoms with Gasteiger partial charge in [-0.1, -0.05) is 6.07 Å². The molecule has 0 saturated carbocycles. The molecule has 1 rings (SSSR count). The van der Waals surface area contributed by atoms with E-state index < -0.39 is 24.7 Å². The van der Waals surface area contributed by atoms with Crippen LogP contribution in [0.4, 0.5) is 13.2 Å². The number of alkyl halides is 3. The topological polar surface area (TPSA) is 20.3 Å². The maximum absolute atomic E-state index is 13.7. The molecule has 0 bridgehead atoms. The molecule has 0 fully saturated rings. The fraction of sp³-hybridized carbons (Fsp3) is 0.364. The third-order valence-electron chi connectivity index (χ3n) is 2.18. The molecule has 0 aliphatic heterocycles. The fourth-order valence-electron chi connectivity index (χ4n) is 1.38. The van der Waals surface area contributed by atoms with Gasteiger partial charge in [-0.2, -0.15) is 0 Å². The number of halogens is 5. The van der Waals surface area contributed by atoms with Crippen molar-refractivity contribution in [2.24, 2.45) is 0 Å². The summed E-state index contributed by atoms with van der Waals surface area (Å²) in [6.07, 6.45) is -2.69. The van der Waals surface area contributed by atoms with Crippen LogP contribution in [0.1, 0.15) is 10.4 Å². The zero-order valence-corrected chi connectivity index (χ0v) is 11.5. The van der Waals surface area contributed by atoms with Crippen molar-refractivity contribution < 1.29 is 18.0 Å². The van der Waals surface area contributed by atoms with Crippen LogP contribution in [0.15, 0.2) is 22.7 Å². The maximum atomic E-state index is 13.7. The highest BCUT2D eigenvalue weighted by molar-refractivity contribution is 9.10. The zero-order valence-electron chi connectivity index (χ0n) is 9.18. The lowest BCUT2D eigenvalue weighted by Crippen LogP contribution is -2.37. The number of benzene rings is 1. The van der Waals surface area contributed by atoms with Gasteiger partial charge in [-0.3, -0.25) is 4.79 Å². The van der Waals surface area contributed by atoms with E-state index in [0.29, 0.717) is 0 Å². The summed E-state index contributed by atoms with van der Waals surface area (Å²) in [4.78, 5) is 12.8. The molecule has 0 aliphatic rings. The summed E-state index contributed by atoms with van der Waals surface area (Å²) in [7, 11) is 0. The van der Waals surface area contributed by atoms with Crippen LogP contribution < -0.4 is 0 Å². The van der Waals surface area contributed by atoms with Crippen molar-refractivity contribution in [2.75, 3.05) is 19.0 Å². The van der Waals surface area contributed by atoms with E-state index >= 15 is 0 Å². The molecule has 1 aromatic rings. The van der Waals surface area contributed by atoms with Crippen LogP contribution in [0.3, 0.4) is 0 Å². The van der Waals surface area contributed by atoms with Crippen LogP contribution in [0.25, 0.3) is 0 Å². The Balaban J connectivity index is 2.98. The van der Waals surface area contributed by atoms with E-state index in [-0.39, 0.29) is 22.5 Å². The van der Waals surface area contributed by atoms with Crippen LogP contribution in [0, 0.1) is 5.82 Å². The smallest absolute Gasteiger partial charge is 0.257 e. The summed E-state index contributed by atoms with van der Waals surface area (Å²) in [5, 5.41) is 0. The zero-order chi connectivity index (χ0) is 13.7. The number of carbonyl (C=O) groups excluding carboxylic acids is 1. The van der Waals surface area contributed by atoms with Gasteiger partial charge < -0.3 is 4.90 Å². The molecule has 0 atom stereocenters. The molecule has 0 radical (unpaired) electrons. The van der Waals surface area contributed by atoms with Gasteiger partial charge in [-0.25, -0.2) is 13.2 Å². The van der Waals surface area contributed by atoms with Gasteiger partial charge in [0, 0.05) is 12.4 Å². The second kappa shape index (κ2) is 6.99. The molecule has 100 valence electrons. The molecule has 0 aliphatic carbocycles. The number of nitrogens with zero attached hydrogens (tertiary/aromatic N) is 1. The summed E-state index contributed by atoms with van der Waals surface area (Å²) in [5.74, 6) is -1.56. The minimum absolute atomic E-state index is 0.00802. The largest absolute Gasteiger partial charge is 0.332 e. The highest BCUT2D eigenvalue weighted by Gasteiger charge is 2.22. The summed E-state index contributed by atoms with van der Waals surface area (Å²) < 4.78 is 38.4. The third-order valence-corrected chi connectivity index (χ3v) is 2.96. The van der Waals surface area contributed by atoms with Crippen LogP contribution in [0.2, 0.25) is 0 Å². The predicted molar refractivity (Wildman–Crippen MR) is 66.7 cm³/mol. The number of carbonyl (C=O) groups is 1. The Kier molecular flexibility index (Phi) is 5.95. The SMILES string of the molecule is O=C(c1cccc(Br)c1F)N(CCCl)CC(F)F. The van der Waals surface area contributed by atoms with Gasteiger partial charge in [-0.05, 0) is 28.1 Å². The molecule has 1 amide bonds. The molecular weight excluding hydrogens is 334 g/mol. The average Bonchev–Trinajstić information content (AvgIpc) is 2.31. The molecule has 7 heteroatoms. The van der Waals surface area contributed by atoms with Crippen LogP contribution in [0.5, 0.6) is 0 Å². The summed E-state index contributed by atoms with van der Waals surface area (Å²) in [5.41, 5.74) is -0.254. The predicted octanol–water partition coefficient (Wildman–Crippen LogP) is 3.53. The van der Waals surface area contributed by atoms with Crippen molar-refractivity contribution in [2.45, 2.75) is 6.43 Å². The molecule has 0 spiro atoms. The van der Waals surface area contributed by atoms with E-state index in [2.05, 4.69) is 15.9 Å². The Morgan fingerprint density at radius 2 is 2.11 bits per heavy atom. The third kappa shape index (κ3) is 3.88. The van der Waals surface area contributed by atoms with E-state index in [1.165, 1.54) is 18.2 Å². The molecule has 0 aromatic heterocycles. The molecule has 0 heterocycles. The quantitative estimate of drug-likeness (QED) is 0.748. The number of rotatable bonds is 5. The van der Waals surface area contributed by atoms with E-state index in [4.69, 9.17) is 11.6 Å². The van der Waals surface area contributed by atoms with Gasteiger partial charge >= 0.3 is 0 Å². The maximum Gasteiger partial charge on any atom is 0.257 e. The van der Waals surface area contributed by atoms with E-state index in [1.54, 1.807) is 0 Å². The van der Waals surface area contributed by atoms with Crippen molar-refractivity contribution in [3.8, 4) is 0 Å². The fourth-order valence-corrected chi connectivity index (χ4v) is 1.95. The molecule has 0 saturated heterocycles. The first-order valence-electron chi connectivity index (χ1n) is 5.04. The molecule has 0 N–H and O–H groups in total. The van der Waals surface area contributed by atoms with Crippen molar-refractivity contribution in [1.82, 2.24) is 4.90 Å². The van der Waals surface area contributed by atoms with Crippen LogP contribution >= 0.6 is 27.5 Å². The van der Waals surface area contributed by atoms with Crippen LogP contribution in [-0.2, 0) is 0 Å². The normalized spacial score (nSPS) is 10.8. The van der Waals surface area contributed by atoms with E-state index in [1.807, 2.05) is 0 Å². The van der Waals surface area contributed by atoms with Gasteiger partial charge in [0.1, 0.15) is 5.82 Å². The number of hydrogen-bond donors (Lipinski definition) is 0. The molecule has 18 heavy (non-hydrogen) atoms. The van der Waals surface area contributed by atoms with Crippen molar-refractivity contribution in [3.63, 3.8) is 0 Å². The van der Waals surface area contributed by atoms with E-state index in [0.717, 1.165) is 4.90 Å². The van der Waals surface area contributed by atoms with Gasteiger partial charge in [0.25, 0.3) is 12.3 Å². The molecule has 1 aromatic carbocycles. The Labute approximate surface area is 116 Å². The highest BCUT2D eigenvalue weighted by atomic mass is 79.9. The lowest BCUT2D eigenvalue weighted by molar-refractivity contribution is 0.0567. The van der Waals surface area contributed by atoms with Gasteiger partial charge in [0.15, 0.2) is 0 Å². The Hall–Kier alpha value is -0.750. The molecular formula is C11H10BrClF3NO. The highest BCUT2D eigenvalue weighted by Crippen LogP contribution is 2.20. The Bertz CT molecular complexity index is 431. The minimum Gasteiger partial charge on any atom is -0.332 e. The minimum atomic E-state index is -2.69. The number of hydrogen-bond acceptors (Lipinski definition) is 1. The summed E-state index contributed by atoms with van der Waals surface area (Å²) in [6, 6.07) is 4.13. The first kappa shape index (κ1) is 15.3. The van der Waals surface area contributed by atoms with Crippen molar-refractivity contribution in [1.29, 1.82) is 0 Å². The van der Waals surface area contributed by atoms with Crippen molar-refractivity contribution in [3.05, 3.63) is 34.1 Å². The van der Waals surface area contributed by atoms with E-state index in [9.17, 15) is 18.0 Å². The first-order valence-corrected chi connectivity index (χ1v) is 6.37. The Morgan fingerprint density at radius 3 is 2.67 bits per heavy atom. The number of amides is 1. The van der Waals surface area contributed by atoms with Crippen molar-refractivity contribution >= 4 is 33.4 Å². The van der Waals surface area contributed by atoms with Gasteiger partial charge in [-0.15, -0.1) is 11.6 Å². The summed E-state index contributed by atoms with van der Waals surface area (Å²) in [6.45, 7) is -0.825.